The van der Waals surface area contributed by atoms with E-state index < -0.39 is 11.8 Å². The van der Waals surface area contributed by atoms with Crippen LogP contribution >= 0.6 is 35.4 Å². The zero-order valence-corrected chi connectivity index (χ0v) is 18.3. The van der Waals surface area contributed by atoms with Crippen LogP contribution in [0.2, 0.25) is 10.0 Å². The summed E-state index contributed by atoms with van der Waals surface area (Å²) in [4.78, 5) is 42.6. The SMILES string of the molecule is O=C1NC(=S)N(c2ccc(Cl)c(Cl)c2)C(=O)C1=CN1CCN(C(=O)c2ccco2)CC1. The molecule has 3 heterocycles. The van der Waals surface area contributed by atoms with Crippen molar-refractivity contribution in [2.24, 2.45) is 0 Å². The first-order chi connectivity index (χ1) is 14.8. The molecule has 2 fully saturated rings. The van der Waals surface area contributed by atoms with Gasteiger partial charge >= 0.3 is 0 Å². The van der Waals surface area contributed by atoms with Crippen molar-refractivity contribution >= 4 is 63.9 Å². The topological polar surface area (TPSA) is 86.1 Å². The Labute approximate surface area is 193 Å². The quantitative estimate of drug-likeness (QED) is 0.414. The maximum absolute atomic E-state index is 13.1. The van der Waals surface area contributed by atoms with Gasteiger partial charge in [0.25, 0.3) is 17.7 Å². The van der Waals surface area contributed by atoms with Gasteiger partial charge in [0.2, 0.25) is 0 Å². The normalized spacial score (nSPS) is 18.6. The van der Waals surface area contributed by atoms with Gasteiger partial charge in [-0.2, -0.15) is 0 Å². The molecule has 160 valence electrons. The van der Waals surface area contributed by atoms with E-state index >= 15 is 0 Å². The Morgan fingerprint density at radius 3 is 2.48 bits per heavy atom. The third kappa shape index (κ3) is 4.30. The summed E-state index contributed by atoms with van der Waals surface area (Å²) in [6.45, 7) is 1.75. The molecule has 1 aromatic heterocycles. The number of hydrogen-bond donors (Lipinski definition) is 1. The lowest BCUT2D eigenvalue weighted by molar-refractivity contribution is -0.122. The minimum atomic E-state index is -0.583. The van der Waals surface area contributed by atoms with Gasteiger partial charge in [0, 0.05) is 32.4 Å². The van der Waals surface area contributed by atoms with Crippen molar-refractivity contribution in [2.75, 3.05) is 31.1 Å². The summed E-state index contributed by atoms with van der Waals surface area (Å²) in [6.07, 6.45) is 2.95. The fourth-order valence-electron chi connectivity index (χ4n) is 3.30. The Bertz CT molecular complexity index is 1090. The van der Waals surface area contributed by atoms with Crippen molar-refractivity contribution in [3.63, 3.8) is 0 Å². The molecule has 0 saturated carbocycles. The zero-order chi connectivity index (χ0) is 22.1. The van der Waals surface area contributed by atoms with E-state index in [4.69, 9.17) is 39.8 Å². The number of nitrogens with zero attached hydrogens (tertiary/aromatic N) is 3. The Morgan fingerprint density at radius 2 is 1.84 bits per heavy atom. The Hall–Kier alpha value is -2.88. The number of rotatable bonds is 3. The maximum Gasteiger partial charge on any atom is 0.289 e. The van der Waals surface area contributed by atoms with E-state index in [-0.39, 0.29) is 27.4 Å². The van der Waals surface area contributed by atoms with Crippen molar-refractivity contribution in [3.8, 4) is 0 Å². The third-order valence-electron chi connectivity index (χ3n) is 4.91. The fraction of sp³-hybridized carbons (Fsp3) is 0.200. The average Bonchev–Trinajstić information content (AvgIpc) is 3.28. The second-order valence-electron chi connectivity index (χ2n) is 6.85. The lowest BCUT2D eigenvalue weighted by atomic mass is 10.1. The largest absolute Gasteiger partial charge is 0.459 e. The van der Waals surface area contributed by atoms with Crippen molar-refractivity contribution in [1.82, 2.24) is 15.1 Å². The highest BCUT2D eigenvalue weighted by atomic mass is 35.5. The fourth-order valence-corrected chi connectivity index (χ4v) is 3.87. The van der Waals surface area contributed by atoms with Crippen LogP contribution in [0.1, 0.15) is 10.6 Å². The van der Waals surface area contributed by atoms with E-state index in [2.05, 4.69) is 5.32 Å². The second kappa shape index (κ2) is 8.70. The molecule has 0 bridgehead atoms. The van der Waals surface area contributed by atoms with Crippen LogP contribution in [0.5, 0.6) is 0 Å². The number of halogens is 2. The molecule has 0 aliphatic carbocycles. The van der Waals surface area contributed by atoms with Crippen molar-refractivity contribution in [3.05, 3.63) is 64.2 Å². The molecule has 2 aliphatic heterocycles. The average molecular weight is 479 g/mol. The van der Waals surface area contributed by atoms with E-state index in [1.807, 2.05) is 4.90 Å². The van der Waals surface area contributed by atoms with Crippen LogP contribution in [-0.4, -0.2) is 58.8 Å². The molecule has 2 aliphatic rings. The Kier molecular flexibility index (Phi) is 5.99. The first-order valence-electron chi connectivity index (χ1n) is 9.28. The molecule has 3 amide bonds. The monoisotopic (exact) mass is 478 g/mol. The lowest BCUT2D eigenvalue weighted by Crippen LogP contribution is -2.55. The van der Waals surface area contributed by atoms with Crippen LogP contribution < -0.4 is 10.2 Å². The predicted molar refractivity (Wildman–Crippen MR) is 119 cm³/mol. The van der Waals surface area contributed by atoms with Crippen LogP contribution in [0.3, 0.4) is 0 Å². The van der Waals surface area contributed by atoms with Gasteiger partial charge in [0.05, 0.1) is 22.0 Å². The molecule has 0 spiro atoms. The van der Waals surface area contributed by atoms with E-state index in [0.29, 0.717) is 36.9 Å². The molecule has 0 unspecified atom stereocenters. The van der Waals surface area contributed by atoms with Crippen LogP contribution in [0.4, 0.5) is 5.69 Å². The number of furan rings is 1. The molecule has 11 heteroatoms. The van der Waals surface area contributed by atoms with Gasteiger partial charge in [-0.15, -0.1) is 0 Å². The molecule has 2 aromatic rings. The summed E-state index contributed by atoms with van der Waals surface area (Å²) >= 11 is 17.2. The first kappa shape index (κ1) is 21.4. The number of benzene rings is 1. The highest BCUT2D eigenvalue weighted by Gasteiger charge is 2.35. The molecule has 2 saturated heterocycles. The molecule has 8 nitrogen and oxygen atoms in total. The van der Waals surface area contributed by atoms with E-state index in [0.717, 1.165) is 0 Å². The molecule has 1 aromatic carbocycles. The Balaban J connectivity index is 1.50. The number of hydrogen-bond acceptors (Lipinski definition) is 6. The number of nitrogens with one attached hydrogen (secondary N) is 1. The minimum Gasteiger partial charge on any atom is -0.459 e. The molecular weight excluding hydrogens is 463 g/mol. The maximum atomic E-state index is 13.1. The van der Waals surface area contributed by atoms with E-state index in [1.54, 1.807) is 29.2 Å². The lowest BCUT2D eigenvalue weighted by Gasteiger charge is -2.35. The van der Waals surface area contributed by atoms with Crippen LogP contribution in [0.25, 0.3) is 0 Å². The molecule has 0 atom stereocenters. The van der Waals surface area contributed by atoms with E-state index in [1.165, 1.54) is 23.4 Å². The third-order valence-corrected chi connectivity index (χ3v) is 5.93. The number of carbonyl (C=O) groups is 3. The smallest absolute Gasteiger partial charge is 0.289 e. The summed E-state index contributed by atoms with van der Waals surface area (Å²) in [5.41, 5.74) is 0.328. The highest BCUT2D eigenvalue weighted by Crippen LogP contribution is 2.29. The van der Waals surface area contributed by atoms with Gasteiger partial charge in [-0.1, -0.05) is 23.2 Å². The van der Waals surface area contributed by atoms with Crippen molar-refractivity contribution < 1.29 is 18.8 Å². The molecule has 31 heavy (non-hydrogen) atoms. The first-order valence-corrected chi connectivity index (χ1v) is 10.4. The molecule has 1 N–H and O–H groups in total. The number of amides is 3. The van der Waals surface area contributed by atoms with Crippen molar-refractivity contribution in [2.45, 2.75) is 0 Å². The number of thiocarbonyl (C=S) groups is 1. The zero-order valence-electron chi connectivity index (χ0n) is 16.0. The number of anilines is 1. The van der Waals surface area contributed by atoms with Gasteiger partial charge in [-0.3, -0.25) is 24.6 Å². The number of carbonyl (C=O) groups excluding carboxylic acids is 3. The van der Waals surface area contributed by atoms with Crippen molar-refractivity contribution in [1.29, 1.82) is 0 Å². The minimum absolute atomic E-state index is 0.0422. The summed E-state index contributed by atoms with van der Waals surface area (Å²) < 4.78 is 5.15. The summed E-state index contributed by atoms with van der Waals surface area (Å²) in [7, 11) is 0. The summed E-state index contributed by atoms with van der Waals surface area (Å²) in [5.74, 6) is -1.07. The summed E-state index contributed by atoms with van der Waals surface area (Å²) in [6, 6.07) is 7.91. The standard InChI is InChI=1S/C20H16Cl2N4O4S/c21-14-4-3-12(10-15(14)22)26-18(28)13(17(27)23-20(26)31)11-24-5-7-25(8-6-24)19(29)16-2-1-9-30-16/h1-4,9-11H,5-8H2,(H,23,27,31). The van der Waals surface area contributed by atoms with Gasteiger partial charge < -0.3 is 14.2 Å². The van der Waals surface area contributed by atoms with Gasteiger partial charge in [-0.05, 0) is 42.5 Å². The van der Waals surface area contributed by atoms with Crippen LogP contribution in [0, 0.1) is 0 Å². The van der Waals surface area contributed by atoms with Crippen LogP contribution in [0.15, 0.2) is 52.8 Å². The van der Waals surface area contributed by atoms with Gasteiger partial charge in [0.15, 0.2) is 10.9 Å². The summed E-state index contributed by atoms with van der Waals surface area (Å²) in [5, 5.41) is 3.08. The highest BCUT2D eigenvalue weighted by molar-refractivity contribution is 7.80. The van der Waals surface area contributed by atoms with E-state index in [9.17, 15) is 14.4 Å². The van der Waals surface area contributed by atoms with Crippen LogP contribution in [-0.2, 0) is 9.59 Å². The Morgan fingerprint density at radius 1 is 1.10 bits per heavy atom. The number of piperazine rings is 1. The predicted octanol–water partition coefficient (Wildman–Crippen LogP) is 2.68. The molecular formula is C20H16Cl2N4O4S. The second-order valence-corrected chi connectivity index (χ2v) is 8.05. The van der Waals surface area contributed by atoms with Gasteiger partial charge in [-0.25, -0.2) is 0 Å². The van der Waals surface area contributed by atoms with Gasteiger partial charge in [0.1, 0.15) is 5.57 Å². The molecule has 0 radical (unpaired) electrons. The molecule has 4 rings (SSSR count).